The van der Waals surface area contributed by atoms with Gasteiger partial charge in [-0.05, 0) is 54.1 Å². The molecule has 2 heterocycles. The number of hydrogen-bond donors (Lipinski definition) is 0. The van der Waals surface area contributed by atoms with E-state index in [0.29, 0.717) is 37.6 Å². The molecule has 0 amide bonds. The molecular formula is C26H16Cl3N3O. The zero-order chi connectivity index (χ0) is 23.1. The van der Waals surface area contributed by atoms with Gasteiger partial charge in [0.1, 0.15) is 5.82 Å². The fraction of sp³-hybridized carbons (Fsp3) is 0.0385. The summed E-state index contributed by atoms with van der Waals surface area (Å²) in [5.41, 5.74) is 3.94. The van der Waals surface area contributed by atoms with Crippen LogP contribution in [-0.2, 0) is 7.05 Å². The molecule has 0 aliphatic rings. The van der Waals surface area contributed by atoms with Gasteiger partial charge in [0.25, 0.3) is 5.56 Å². The largest absolute Gasteiger partial charge is 0.295 e. The van der Waals surface area contributed by atoms with Crippen molar-refractivity contribution in [3.05, 3.63) is 104 Å². The van der Waals surface area contributed by atoms with Crippen LogP contribution < -0.4 is 5.56 Å². The average molecular weight is 493 g/mol. The lowest BCUT2D eigenvalue weighted by Gasteiger charge is -2.14. The van der Waals surface area contributed by atoms with Crippen LogP contribution in [0.25, 0.3) is 44.8 Å². The van der Waals surface area contributed by atoms with Crippen LogP contribution in [0, 0.1) is 0 Å². The first-order chi connectivity index (χ1) is 15.9. The van der Waals surface area contributed by atoms with Crippen LogP contribution in [0.5, 0.6) is 0 Å². The quantitative estimate of drug-likeness (QED) is 0.266. The van der Waals surface area contributed by atoms with Crippen LogP contribution in [0.3, 0.4) is 0 Å². The molecular weight excluding hydrogens is 477 g/mol. The van der Waals surface area contributed by atoms with Gasteiger partial charge < -0.3 is 0 Å². The zero-order valence-corrected chi connectivity index (χ0v) is 19.7. The fourth-order valence-corrected chi connectivity index (χ4v) is 4.24. The number of hydrogen-bond acceptors (Lipinski definition) is 3. The maximum absolute atomic E-state index is 13.4. The molecule has 0 aliphatic heterocycles. The van der Waals surface area contributed by atoms with E-state index in [1.54, 1.807) is 31.3 Å². The molecule has 5 rings (SSSR count). The van der Waals surface area contributed by atoms with E-state index in [4.69, 9.17) is 44.8 Å². The summed E-state index contributed by atoms with van der Waals surface area (Å²) in [5, 5.41) is 2.20. The molecule has 0 bridgehead atoms. The van der Waals surface area contributed by atoms with E-state index in [9.17, 15) is 4.79 Å². The molecule has 0 saturated heterocycles. The first kappa shape index (κ1) is 21.7. The molecule has 3 aromatic carbocycles. The van der Waals surface area contributed by atoms with Crippen LogP contribution in [0.2, 0.25) is 15.1 Å². The molecule has 33 heavy (non-hydrogen) atoms. The van der Waals surface area contributed by atoms with Gasteiger partial charge in [0.15, 0.2) is 5.65 Å². The predicted octanol–water partition coefficient (Wildman–Crippen LogP) is 7.29. The average Bonchev–Trinajstić information content (AvgIpc) is 2.82. The summed E-state index contributed by atoms with van der Waals surface area (Å²) >= 11 is 18.7. The van der Waals surface area contributed by atoms with E-state index < -0.39 is 0 Å². The Morgan fingerprint density at radius 3 is 1.97 bits per heavy atom. The van der Waals surface area contributed by atoms with Crippen molar-refractivity contribution in [3.8, 4) is 33.8 Å². The highest BCUT2D eigenvalue weighted by Gasteiger charge is 2.18. The molecule has 0 radical (unpaired) electrons. The Morgan fingerprint density at radius 2 is 1.33 bits per heavy atom. The summed E-state index contributed by atoms with van der Waals surface area (Å²) in [7, 11) is 1.70. The van der Waals surface area contributed by atoms with Crippen molar-refractivity contribution < 1.29 is 0 Å². The van der Waals surface area contributed by atoms with Gasteiger partial charge >= 0.3 is 0 Å². The maximum atomic E-state index is 13.4. The van der Waals surface area contributed by atoms with Gasteiger partial charge in [0, 0.05) is 38.8 Å². The van der Waals surface area contributed by atoms with Crippen LogP contribution in [0.1, 0.15) is 0 Å². The summed E-state index contributed by atoms with van der Waals surface area (Å²) < 4.78 is 1.52. The molecule has 7 heteroatoms. The van der Waals surface area contributed by atoms with Gasteiger partial charge in [0.2, 0.25) is 0 Å². The van der Waals surface area contributed by atoms with E-state index >= 15 is 0 Å². The monoisotopic (exact) mass is 491 g/mol. The number of rotatable bonds is 3. The summed E-state index contributed by atoms with van der Waals surface area (Å²) in [6, 6.07) is 23.9. The minimum absolute atomic E-state index is 0.196. The van der Waals surface area contributed by atoms with Crippen molar-refractivity contribution >= 4 is 45.8 Å². The Bertz CT molecular complexity index is 1560. The SMILES string of the molecule is Cn1c(-c2ccc(Cl)cc2)nc2nc(-c3ccccc3Cl)c(-c3ccc(Cl)cc3)cc2c1=O. The van der Waals surface area contributed by atoms with Crippen molar-refractivity contribution in [1.29, 1.82) is 0 Å². The number of halogens is 3. The summed E-state index contributed by atoms with van der Waals surface area (Å²) in [6.45, 7) is 0. The molecule has 0 N–H and O–H groups in total. The van der Waals surface area contributed by atoms with E-state index in [0.717, 1.165) is 22.3 Å². The Morgan fingerprint density at radius 1 is 0.727 bits per heavy atom. The highest BCUT2D eigenvalue weighted by atomic mass is 35.5. The van der Waals surface area contributed by atoms with Gasteiger partial charge in [-0.25, -0.2) is 9.97 Å². The first-order valence-corrected chi connectivity index (χ1v) is 11.2. The molecule has 0 fully saturated rings. The normalized spacial score (nSPS) is 11.2. The van der Waals surface area contributed by atoms with Crippen molar-refractivity contribution in [2.24, 2.45) is 7.05 Å². The summed E-state index contributed by atoms with van der Waals surface area (Å²) in [5.74, 6) is 0.501. The number of benzene rings is 3. The molecule has 0 aliphatic carbocycles. The molecule has 0 unspecified atom stereocenters. The minimum atomic E-state index is -0.196. The second-order valence-corrected chi connectivity index (χ2v) is 8.83. The van der Waals surface area contributed by atoms with Crippen LogP contribution in [0.15, 0.2) is 83.7 Å². The Balaban J connectivity index is 1.84. The van der Waals surface area contributed by atoms with Crippen molar-refractivity contribution in [1.82, 2.24) is 14.5 Å². The molecule has 2 aromatic heterocycles. The molecule has 0 saturated carbocycles. The highest BCUT2D eigenvalue weighted by Crippen LogP contribution is 2.36. The number of pyridine rings is 1. The van der Waals surface area contributed by atoms with Crippen molar-refractivity contribution in [2.75, 3.05) is 0 Å². The fourth-order valence-electron chi connectivity index (χ4n) is 3.76. The Labute approximate surface area is 205 Å². The van der Waals surface area contributed by atoms with Gasteiger partial charge in [-0.3, -0.25) is 9.36 Å². The lowest BCUT2D eigenvalue weighted by Crippen LogP contribution is -2.21. The van der Waals surface area contributed by atoms with Gasteiger partial charge in [-0.1, -0.05) is 65.1 Å². The maximum Gasteiger partial charge on any atom is 0.263 e. The third-order valence-electron chi connectivity index (χ3n) is 5.45. The first-order valence-electron chi connectivity index (χ1n) is 10.1. The second-order valence-electron chi connectivity index (χ2n) is 7.55. The lowest BCUT2D eigenvalue weighted by molar-refractivity contribution is 0.853. The summed E-state index contributed by atoms with van der Waals surface area (Å²) in [4.78, 5) is 22.9. The smallest absolute Gasteiger partial charge is 0.263 e. The van der Waals surface area contributed by atoms with Crippen LogP contribution >= 0.6 is 34.8 Å². The third kappa shape index (κ3) is 4.02. The number of nitrogens with zero attached hydrogens (tertiary/aromatic N) is 3. The van der Waals surface area contributed by atoms with E-state index in [1.165, 1.54) is 4.57 Å². The topological polar surface area (TPSA) is 47.8 Å². The Kier molecular flexibility index (Phi) is 5.67. The molecule has 5 aromatic rings. The highest BCUT2D eigenvalue weighted by molar-refractivity contribution is 6.33. The number of fused-ring (bicyclic) bond motifs is 1. The predicted molar refractivity (Wildman–Crippen MR) is 136 cm³/mol. The van der Waals surface area contributed by atoms with Crippen molar-refractivity contribution in [2.45, 2.75) is 0 Å². The van der Waals surface area contributed by atoms with Crippen LogP contribution in [-0.4, -0.2) is 14.5 Å². The summed E-state index contributed by atoms with van der Waals surface area (Å²) in [6.07, 6.45) is 0. The van der Waals surface area contributed by atoms with Gasteiger partial charge in [-0.15, -0.1) is 0 Å². The third-order valence-corrected chi connectivity index (χ3v) is 6.29. The molecule has 0 atom stereocenters. The zero-order valence-electron chi connectivity index (χ0n) is 17.4. The van der Waals surface area contributed by atoms with Gasteiger partial charge in [-0.2, -0.15) is 0 Å². The van der Waals surface area contributed by atoms with Crippen molar-refractivity contribution in [3.63, 3.8) is 0 Å². The standard InChI is InChI=1S/C26H16Cl3N3O/c1-32-25(16-8-12-18(28)13-9-16)31-24-21(26(32)33)14-20(15-6-10-17(27)11-7-15)23(30-24)19-4-2-3-5-22(19)29/h2-14H,1H3. The van der Waals surface area contributed by atoms with E-state index in [-0.39, 0.29) is 5.56 Å². The van der Waals surface area contributed by atoms with Gasteiger partial charge in [0.05, 0.1) is 11.1 Å². The minimum Gasteiger partial charge on any atom is -0.295 e. The Hall–Kier alpha value is -3.18. The van der Waals surface area contributed by atoms with E-state index in [1.807, 2.05) is 54.6 Å². The molecule has 4 nitrogen and oxygen atoms in total. The molecule has 162 valence electrons. The number of aromatic nitrogens is 3. The van der Waals surface area contributed by atoms with Crippen LogP contribution in [0.4, 0.5) is 0 Å². The molecule has 0 spiro atoms. The van der Waals surface area contributed by atoms with E-state index in [2.05, 4.69) is 0 Å². The second kappa shape index (κ2) is 8.64. The lowest BCUT2D eigenvalue weighted by atomic mass is 9.98.